The van der Waals surface area contributed by atoms with E-state index in [0.717, 1.165) is 6.42 Å². The Labute approximate surface area is 174 Å². The van der Waals surface area contributed by atoms with Gasteiger partial charge in [-0.3, -0.25) is 4.98 Å². The molecule has 1 aromatic carbocycles. The molecule has 8 heteroatoms. The number of ether oxygens (including phenoxy) is 3. The van der Waals surface area contributed by atoms with E-state index in [-0.39, 0.29) is 23.3 Å². The van der Waals surface area contributed by atoms with E-state index in [4.69, 9.17) is 14.2 Å². The first-order chi connectivity index (χ1) is 14.6. The quantitative estimate of drug-likeness (QED) is 0.641. The van der Waals surface area contributed by atoms with E-state index >= 15 is 0 Å². The zero-order valence-electron chi connectivity index (χ0n) is 16.8. The number of hydrogen-bond acceptors (Lipinski definition) is 6. The molecule has 1 saturated heterocycles. The van der Waals surface area contributed by atoms with Crippen molar-refractivity contribution < 1.29 is 24.1 Å². The maximum atomic E-state index is 12.1. The van der Waals surface area contributed by atoms with E-state index in [1.807, 2.05) is 22.9 Å². The molecule has 2 atom stereocenters. The highest BCUT2D eigenvalue weighted by molar-refractivity contribution is 5.99. The Balaban J connectivity index is 1.74. The van der Waals surface area contributed by atoms with E-state index in [2.05, 4.69) is 9.97 Å². The average molecular weight is 409 g/mol. The summed E-state index contributed by atoms with van der Waals surface area (Å²) in [6.07, 6.45) is 7.95. The molecule has 30 heavy (non-hydrogen) atoms. The summed E-state index contributed by atoms with van der Waals surface area (Å²) >= 11 is 0. The average Bonchev–Trinajstić information content (AvgIpc) is 3.42. The van der Waals surface area contributed by atoms with E-state index < -0.39 is 5.97 Å². The van der Waals surface area contributed by atoms with E-state index in [1.165, 1.54) is 19.8 Å². The van der Waals surface area contributed by atoms with Gasteiger partial charge in [0.05, 0.1) is 33.5 Å². The van der Waals surface area contributed by atoms with Crippen LogP contribution < -0.4 is 9.47 Å². The van der Waals surface area contributed by atoms with E-state index in [1.54, 1.807) is 30.7 Å². The number of carboxylic acid groups (broad SMARTS) is 1. The van der Waals surface area contributed by atoms with Gasteiger partial charge in [0.25, 0.3) is 0 Å². The number of nitrogens with zero attached hydrogens (tertiary/aromatic N) is 3. The van der Waals surface area contributed by atoms with Crippen LogP contribution >= 0.6 is 0 Å². The molecule has 0 aliphatic carbocycles. The first-order valence-corrected chi connectivity index (χ1v) is 9.62. The Morgan fingerprint density at radius 2 is 1.97 bits per heavy atom. The molecule has 1 fully saturated rings. The van der Waals surface area contributed by atoms with Crippen molar-refractivity contribution >= 4 is 5.97 Å². The molecule has 0 amide bonds. The van der Waals surface area contributed by atoms with Gasteiger partial charge >= 0.3 is 5.97 Å². The van der Waals surface area contributed by atoms with Gasteiger partial charge in [0, 0.05) is 36.3 Å². The largest absolute Gasteiger partial charge is 0.493 e. The molecule has 3 heterocycles. The second-order valence-electron chi connectivity index (χ2n) is 7.11. The fourth-order valence-corrected chi connectivity index (χ4v) is 4.03. The molecular formula is C22H23N3O5. The summed E-state index contributed by atoms with van der Waals surface area (Å²) in [4.78, 5) is 20.7. The normalized spacial score (nSPS) is 18.3. The molecule has 2 aromatic heterocycles. The van der Waals surface area contributed by atoms with Crippen LogP contribution in [0.5, 0.6) is 11.5 Å². The highest BCUT2D eigenvalue weighted by Gasteiger charge is 2.33. The molecule has 4 rings (SSSR count). The maximum Gasteiger partial charge on any atom is 0.340 e. The number of carbonyl (C=O) groups is 1. The molecular weight excluding hydrogens is 386 g/mol. The third kappa shape index (κ3) is 3.61. The van der Waals surface area contributed by atoms with Gasteiger partial charge in [-0.1, -0.05) is 0 Å². The number of hydrogen-bond donors (Lipinski definition) is 1. The maximum absolute atomic E-state index is 12.1. The van der Waals surface area contributed by atoms with Crippen LogP contribution in [0.15, 0.2) is 49.1 Å². The molecule has 0 radical (unpaired) electrons. The zero-order valence-corrected chi connectivity index (χ0v) is 16.8. The fourth-order valence-electron chi connectivity index (χ4n) is 4.03. The lowest BCUT2D eigenvalue weighted by atomic mass is 9.94. The van der Waals surface area contributed by atoms with Crippen molar-refractivity contribution in [1.82, 2.24) is 14.5 Å². The Kier molecular flexibility index (Phi) is 5.67. The fraction of sp³-hybridized carbons (Fsp3) is 0.318. The molecule has 1 aliphatic rings. The Bertz CT molecular complexity index is 1030. The number of aromatic nitrogens is 3. The number of imidazole rings is 1. The van der Waals surface area contributed by atoms with Gasteiger partial charge < -0.3 is 23.9 Å². The summed E-state index contributed by atoms with van der Waals surface area (Å²) in [6, 6.07) is 7.43. The van der Waals surface area contributed by atoms with Gasteiger partial charge in [0.15, 0.2) is 11.5 Å². The standard InChI is InChI=1S/C22H23N3O5/c1-28-18-4-3-16(19(22(26)27)20(18)29-2)21-24-9-10-25(21)17-13-30-12-15(17)11-14-5-7-23-8-6-14/h3-10,15,17H,11-13H2,1-2H3,(H,26,27)/t15-,17-/m1/s1. The highest BCUT2D eigenvalue weighted by atomic mass is 16.5. The first kappa shape index (κ1) is 19.9. The van der Waals surface area contributed by atoms with Gasteiger partial charge in [-0.25, -0.2) is 9.78 Å². The van der Waals surface area contributed by atoms with Crippen molar-refractivity contribution in [2.24, 2.45) is 5.92 Å². The Hall–Kier alpha value is -3.39. The SMILES string of the molecule is COc1ccc(-c2nccn2[C@@H]2COC[C@H]2Cc2ccncc2)c(C(=O)O)c1OC. The second-order valence-corrected chi connectivity index (χ2v) is 7.11. The monoisotopic (exact) mass is 409 g/mol. The lowest BCUT2D eigenvalue weighted by Crippen LogP contribution is -2.20. The van der Waals surface area contributed by atoms with Crippen LogP contribution in [-0.4, -0.2) is 53.0 Å². The summed E-state index contributed by atoms with van der Waals surface area (Å²) in [5, 5.41) is 9.90. The minimum absolute atomic E-state index is 0.0221. The molecule has 0 unspecified atom stereocenters. The topological polar surface area (TPSA) is 95.7 Å². The van der Waals surface area contributed by atoms with Crippen LogP contribution in [-0.2, 0) is 11.2 Å². The van der Waals surface area contributed by atoms with Crippen molar-refractivity contribution in [3.63, 3.8) is 0 Å². The number of carboxylic acids is 1. The lowest BCUT2D eigenvalue weighted by Gasteiger charge is -2.22. The van der Waals surface area contributed by atoms with Crippen LogP contribution in [0.25, 0.3) is 11.4 Å². The first-order valence-electron chi connectivity index (χ1n) is 9.62. The summed E-state index contributed by atoms with van der Waals surface area (Å²) in [5.41, 5.74) is 1.68. The summed E-state index contributed by atoms with van der Waals surface area (Å²) < 4.78 is 18.4. The minimum Gasteiger partial charge on any atom is -0.493 e. The third-order valence-corrected chi connectivity index (χ3v) is 5.44. The van der Waals surface area contributed by atoms with Crippen LogP contribution in [0, 0.1) is 5.92 Å². The van der Waals surface area contributed by atoms with Gasteiger partial charge in [-0.2, -0.15) is 0 Å². The predicted octanol–water partition coefficient (Wildman–Crippen LogP) is 3.09. The van der Waals surface area contributed by atoms with Crippen molar-refractivity contribution in [3.05, 3.63) is 60.2 Å². The van der Waals surface area contributed by atoms with Crippen LogP contribution in [0.2, 0.25) is 0 Å². The predicted molar refractivity (Wildman–Crippen MR) is 109 cm³/mol. The smallest absolute Gasteiger partial charge is 0.340 e. The molecule has 0 spiro atoms. The number of pyridine rings is 1. The van der Waals surface area contributed by atoms with Gasteiger partial charge in [-0.15, -0.1) is 0 Å². The number of benzene rings is 1. The summed E-state index contributed by atoms with van der Waals surface area (Å²) in [7, 11) is 2.90. The van der Waals surface area contributed by atoms with Gasteiger partial charge in [-0.05, 0) is 36.2 Å². The third-order valence-electron chi connectivity index (χ3n) is 5.44. The van der Waals surface area contributed by atoms with Crippen molar-refractivity contribution in [2.75, 3.05) is 27.4 Å². The van der Waals surface area contributed by atoms with Gasteiger partial charge in [0.1, 0.15) is 11.4 Å². The lowest BCUT2D eigenvalue weighted by molar-refractivity contribution is 0.0693. The zero-order chi connectivity index (χ0) is 21.1. The molecule has 0 bridgehead atoms. The van der Waals surface area contributed by atoms with Crippen LogP contribution in [0.4, 0.5) is 0 Å². The number of rotatable bonds is 7. The number of aromatic carboxylic acids is 1. The molecule has 156 valence electrons. The Morgan fingerprint density at radius 1 is 1.17 bits per heavy atom. The Morgan fingerprint density at radius 3 is 2.67 bits per heavy atom. The van der Waals surface area contributed by atoms with Crippen molar-refractivity contribution in [2.45, 2.75) is 12.5 Å². The van der Waals surface area contributed by atoms with Crippen LogP contribution in [0.3, 0.4) is 0 Å². The molecule has 0 saturated carbocycles. The molecule has 8 nitrogen and oxygen atoms in total. The summed E-state index contributed by atoms with van der Waals surface area (Å²) in [6.45, 7) is 1.16. The molecule has 1 N–H and O–H groups in total. The highest BCUT2D eigenvalue weighted by Crippen LogP contribution is 2.39. The second kappa shape index (κ2) is 8.54. The van der Waals surface area contributed by atoms with Crippen molar-refractivity contribution in [3.8, 4) is 22.9 Å². The minimum atomic E-state index is -1.11. The summed E-state index contributed by atoms with van der Waals surface area (Å²) in [5.74, 6) is 0.216. The molecule has 1 aliphatic heterocycles. The van der Waals surface area contributed by atoms with E-state index in [0.29, 0.717) is 30.4 Å². The van der Waals surface area contributed by atoms with Crippen molar-refractivity contribution in [1.29, 1.82) is 0 Å². The van der Waals surface area contributed by atoms with E-state index in [9.17, 15) is 9.90 Å². The number of methoxy groups -OCH3 is 2. The van der Waals surface area contributed by atoms with Gasteiger partial charge in [0.2, 0.25) is 0 Å². The molecule has 3 aromatic rings. The van der Waals surface area contributed by atoms with Crippen LogP contribution in [0.1, 0.15) is 22.0 Å².